The van der Waals surface area contributed by atoms with Gasteiger partial charge in [-0.1, -0.05) is 12.1 Å². The number of nitrogens with one attached hydrogen (secondary N) is 2. The minimum atomic E-state index is -3.87. The Labute approximate surface area is 170 Å². The lowest BCUT2D eigenvalue weighted by Crippen LogP contribution is -2.35. The van der Waals surface area contributed by atoms with Crippen LogP contribution in [0.15, 0.2) is 47.4 Å². The maximum atomic E-state index is 12.3. The first kappa shape index (κ1) is 22.4. The lowest BCUT2D eigenvalue weighted by atomic mass is 10.1. The van der Waals surface area contributed by atoms with Gasteiger partial charge < -0.3 is 14.8 Å². The molecular formula is C20H24N2O6S. The van der Waals surface area contributed by atoms with E-state index in [1.165, 1.54) is 26.2 Å². The number of hydrogen-bond acceptors (Lipinski definition) is 6. The summed E-state index contributed by atoms with van der Waals surface area (Å²) in [6.45, 7) is 4.47. The molecular weight excluding hydrogens is 396 g/mol. The van der Waals surface area contributed by atoms with Crippen LogP contribution in [0.2, 0.25) is 0 Å². The molecule has 0 saturated heterocycles. The molecule has 0 aliphatic carbocycles. The Bertz CT molecular complexity index is 1000. The summed E-state index contributed by atoms with van der Waals surface area (Å²) in [7, 11) is -2.37. The third-order valence-electron chi connectivity index (χ3n) is 4.21. The first-order chi connectivity index (χ1) is 13.6. The summed E-state index contributed by atoms with van der Waals surface area (Å²) in [5.41, 5.74) is 2.25. The van der Waals surface area contributed by atoms with Crippen LogP contribution in [0, 0.1) is 13.8 Å². The van der Waals surface area contributed by atoms with E-state index in [0.717, 1.165) is 11.1 Å². The molecule has 2 aromatic rings. The van der Waals surface area contributed by atoms with Gasteiger partial charge in [-0.3, -0.25) is 9.59 Å². The smallest absolute Gasteiger partial charge is 0.321 e. The summed E-state index contributed by atoms with van der Waals surface area (Å²) in [5, 5.41) is 2.60. The number of benzene rings is 2. The Kier molecular flexibility index (Phi) is 7.35. The predicted octanol–water partition coefficient (Wildman–Crippen LogP) is 2.16. The topological polar surface area (TPSA) is 111 Å². The van der Waals surface area contributed by atoms with Crippen LogP contribution in [-0.2, 0) is 24.3 Å². The molecule has 0 unspecified atom stereocenters. The first-order valence-electron chi connectivity index (χ1n) is 8.83. The number of amides is 1. The second-order valence-corrected chi connectivity index (χ2v) is 8.19. The van der Waals surface area contributed by atoms with Crippen molar-refractivity contribution in [1.82, 2.24) is 4.72 Å². The zero-order valence-electron chi connectivity index (χ0n) is 16.7. The van der Waals surface area contributed by atoms with E-state index in [1.807, 2.05) is 6.92 Å². The van der Waals surface area contributed by atoms with Crippen molar-refractivity contribution in [2.24, 2.45) is 0 Å². The number of methoxy groups -OCH3 is 1. The summed E-state index contributed by atoms with van der Waals surface area (Å²) in [6, 6.07) is 11.4. The van der Waals surface area contributed by atoms with Gasteiger partial charge in [-0.05, 0) is 56.2 Å². The zero-order chi connectivity index (χ0) is 21.6. The predicted molar refractivity (Wildman–Crippen MR) is 108 cm³/mol. The third kappa shape index (κ3) is 6.30. The van der Waals surface area contributed by atoms with Crippen molar-refractivity contribution in [2.45, 2.75) is 31.8 Å². The molecule has 0 aliphatic heterocycles. The van der Waals surface area contributed by atoms with Crippen LogP contribution in [0.1, 0.15) is 18.1 Å². The molecule has 0 saturated carbocycles. The third-order valence-corrected chi connectivity index (χ3v) is 5.61. The van der Waals surface area contributed by atoms with Gasteiger partial charge in [0.05, 0.1) is 12.0 Å². The fourth-order valence-corrected chi connectivity index (χ4v) is 3.41. The average molecular weight is 420 g/mol. The Morgan fingerprint density at radius 2 is 1.79 bits per heavy atom. The molecule has 2 N–H and O–H groups in total. The minimum absolute atomic E-state index is 0.0530. The van der Waals surface area contributed by atoms with Gasteiger partial charge in [0.15, 0.2) is 6.10 Å². The van der Waals surface area contributed by atoms with Crippen molar-refractivity contribution in [3.05, 3.63) is 53.6 Å². The number of ether oxygens (including phenoxy) is 2. The molecule has 0 fully saturated rings. The lowest BCUT2D eigenvalue weighted by molar-refractivity contribution is -0.151. The summed E-state index contributed by atoms with van der Waals surface area (Å²) >= 11 is 0. The van der Waals surface area contributed by atoms with Gasteiger partial charge >= 0.3 is 5.97 Å². The average Bonchev–Trinajstić information content (AvgIpc) is 2.68. The van der Waals surface area contributed by atoms with Crippen molar-refractivity contribution < 1.29 is 27.5 Å². The van der Waals surface area contributed by atoms with Gasteiger partial charge in [-0.25, -0.2) is 8.42 Å². The van der Waals surface area contributed by atoms with E-state index in [2.05, 4.69) is 10.0 Å². The lowest BCUT2D eigenvalue weighted by Gasteiger charge is -2.14. The van der Waals surface area contributed by atoms with Crippen LogP contribution in [0.3, 0.4) is 0 Å². The van der Waals surface area contributed by atoms with Gasteiger partial charge in [0, 0.05) is 11.8 Å². The Hall–Kier alpha value is -2.91. The molecule has 1 atom stereocenters. The number of carbonyl (C=O) groups is 2. The highest BCUT2D eigenvalue weighted by molar-refractivity contribution is 7.89. The molecule has 0 heterocycles. The Morgan fingerprint density at radius 1 is 1.07 bits per heavy atom. The van der Waals surface area contributed by atoms with E-state index < -0.39 is 34.5 Å². The second kappa shape index (κ2) is 9.53. The molecule has 0 spiro atoms. The number of hydrogen-bond donors (Lipinski definition) is 2. The number of aryl methyl sites for hydroxylation is 2. The van der Waals surface area contributed by atoms with E-state index in [1.54, 1.807) is 37.3 Å². The van der Waals surface area contributed by atoms with Crippen molar-refractivity contribution >= 4 is 27.6 Å². The van der Waals surface area contributed by atoms with Gasteiger partial charge in [0.25, 0.3) is 5.91 Å². The van der Waals surface area contributed by atoms with Crippen LogP contribution in [0.5, 0.6) is 5.75 Å². The highest BCUT2D eigenvalue weighted by atomic mass is 32.2. The fourth-order valence-electron chi connectivity index (χ4n) is 2.36. The van der Waals surface area contributed by atoms with Gasteiger partial charge in [0.1, 0.15) is 12.3 Å². The molecule has 0 bridgehead atoms. The summed E-state index contributed by atoms with van der Waals surface area (Å²) in [5.74, 6) is -0.859. The molecule has 0 aliphatic rings. The first-order valence-corrected chi connectivity index (χ1v) is 10.3. The summed E-state index contributed by atoms with van der Waals surface area (Å²) < 4.78 is 36.9. The van der Waals surface area contributed by atoms with Crippen molar-refractivity contribution in [3.8, 4) is 5.75 Å². The number of carbonyl (C=O) groups excluding carboxylic acids is 2. The molecule has 2 rings (SSSR count). The molecule has 156 valence electrons. The molecule has 2 aromatic carbocycles. The number of rotatable bonds is 8. The van der Waals surface area contributed by atoms with Crippen molar-refractivity contribution in [3.63, 3.8) is 0 Å². The van der Waals surface area contributed by atoms with E-state index in [9.17, 15) is 18.0 Å². The molecule has 1 amide bonds. The maximum absolute atomic E-state index is 12.3. The van der Waals surface area contributed by atoms with Crippen LogP contribution in [-0.4, -0.2) is 40.1 Å². The standard InChI is InChI=1S/C20H24N2O6S/c1-13-8-9-18(10-14(13)2)29(25,26)21-12-19(23)28-15(3)20(24)22-16-6-5-7-17(11-16)27-4/h5-11,15,21H,12H2,1-4H3,(H,22,24)/t15-/m1/s1. The van der Waals surface area contributed by atoms with Crippen LogP contribution >= 0.6 is 0 Å². The van der Waals surface area contributed by atoms with Crippen LogP contribution in [0.25, 0.3) is 0 Å². The quantitative estimate of drug-likeness (QED) is 0.633. The summed E-state index contributed by atoms with van der Waals surface area (Å²) in [4.78, 5) is 24.2. The maximum Gasteiger partial charge on any atom is 0.321 e. The van der Waals surface area contributed by atoms with Crippen molar-refractivity contribution in [2.75, 3.05) is 19.0 Å². The van der Waals surface area contributed by atoms with E-state index >= 15 is 0 Å². The van der Waals surface area contributed by atoms with E-state index in [0.29, 0.717) is 11.4 Å². The zero-order valence-corrected chi connectivity index (χ0v) is 17.5. The number of sulfonamides is 1. The second-order valence-electron chi connectivity index (χ2n) is 6.42. The van der Waals surface area contributed by atoms with E-state index in [-0.39, 0.29) is 4.90 Å². The number of anilines is 1. The van der Waals surface area contributed by atoms with E-state index in [4.69, 9.17) is 9.47 Å². The molecule has 0 radical (unpaired) electrons. The van der Waals surface area contributed by atoms with Crippen molar-refractivity contribution in [1.29, 1.82) is 0 Å². The normalized spacial score (nSPS) is 12.1. The highest BCUT2D eigenvalue weighted by Gasteiger charge is 2.21. The molecule has 9 heteroatoms. The van der Waals surface area contributed by atoms with Gasteiger partial charge in [-0.15, -0.1) is 0 Å². The van der Waals surface area contributed by atoms with Gasteiger partial charge in [-0.2, -0.15) is 4.72 Å². The monoisotopic (exact) mass is 420 g/mol. The fraction of sp³-hybridized carbons (Fsp3) is 0.300. The summed E-state index contributed by atoms with van der Waals surface area (Å²) in [6.07, 6.45) is -1.11. The molecule has 8 nitrogen and oxygen atoms in total. The Morgan fingerprint density at radius 3 is 2.45 bits per heavy atom. The van der Waals surface area contributed by atoms with Crippen LogP contribution in [0.4, 0.5) is 5.69 Å². The Balaban J connectivity index is 1.90. The molecule has 0 aromatic heterocycles. The highest BCUT2D eigenvalue weighted by Crippen LogP contribution is 2.17. The minimum Gasteiger partial charge on any atom is -0.497 e. The van der Waals surface area contributed by atoms with Gasteiger partial charge in [0.2, 0.25) is 10.0 Å². The SMILES string of the molecule is COc1cccc(NC(=O)[C@@H](C)OC(=O)CNS(=O)(=O)c2ccc(C)c(C)c2)c1. The van der Waals surface area contributed by atoms with Crippen LogP contribution < -0.4 is 14.8 Å². The number of esters is 1. The largest absolute Gasteiger partial charge is 0.497 e. The molecule has 29 heavy (non-hydrogen) atoms.